The van der Waals surface area contributed by atoms with Gasteiger partial charge in [0.25, 0.3) is 0 Å². The maximum Gasteiger partial charge on any atom is 0.410 e. The van der Waals surface area contributed by atoms with E-state index in [1.54, 1.807) is 11.0 Å². The van der Waals surface area contributed by atoms with Gasteiger partial charge in [0.1, 0.15) is 12.4 Å². The second kappa shape index (κ2) is 8.12. The Hall–Kier alpha value is -2.40. The maximum atomic E-state index is 13.4. The average Bonchev–Trinajstić information content (AvgIpc) is 2.66. The van der Waals surface area contributed by atoms with Crippen molar-refractivity contribution in [1.82, 2.24) is 4.90 Å². The molecular formula is C20H23FN2O2. The number of ether oxygens (including phenoxy) is 1. The molecule has 1 heterocycles. The molecule has 1 aliphatic heterocycles. The molecule has 0 aliphatic carbocycles. The van der Waals surface area contributed by atoms with Crippen molar-refractivity contribution in [2.24, 2.45) is 11.7 Å². The molecule has 132 valence electrons. The minimum absolute atomic E-state index is 0.210. The van der Waals surface area contributed by atoms with Crippen LogP contribution in [0, 0.1) is 11.7 Å². The molecule has 1 fully saturated rings. The third-order valence-electron chi connectivity index (χ3n) is 4.74. The van der Waals surface area contributed by atoms with Gasteiger partial charge in [-0.3, -0.25) is 0 Å². The number of amides is 1. The fourth-order valence-electron chi connectivity index (χ4n) is 3.24. The van der Waals surface area contributed by atoms with Crippen LogP contribution in [-0.4, -0.2) is 24.1 Å². The topological polar surface area (TPSA) is 55.6 Å². The van der Waals surface area contributed by atoms with Crippen LogP contribution in [0.15, 0.2) is 54.6 Å². The molecule has 2 aromatic rings. The lowest BCUT2D eigenvalue weighted by atomic mass is 9.86. The van der Waals surface area contributed by atoms with E-state index >= 15 is 0 Å². The number of hydrogen-bond donors (Lipinski definition) is 1. The number of nitrogens with two attached hydrogens (primary N) is 1. The molecule has 0 bridgehead atoms. The van der Waals surface area contributed by atoms with Crippen molar-refractivity contribution in [1.29, 1.82) is 0 Å². The quantitative estimate of drug-likeness (QED) is 0.917. The molecule has 0 unspecified atom stereocenters. The smallest absolute Gasteiger partial charge is 0.410 e. The Balaban J connectivity index is 1.48. The SMILES string of the molecule is N[C@@H](c1cccc(F)c1)C1CCN(C(=O)OCc2ccccc2)CC1. The third kappa shape index (κ3) is 4.57. The highest BCUT2D eigenvalue weighted by atomic mass is 19.1. The molecule has 1 atom stereocenters. The van der Waals surface area contributed by atoms with Crippen LogP contribution in [0.1, 0.15) is 30.0 Å². The van der Waals surface area contributed by atoms with Crippen molar-refractivity contribution >= 4 is 6.09 Å². The van der Waals surface area contributed by atoms with Gasteiger partial charge >= 0.3 is 6.09 Å². The number of benzene rings is 2. The molecule has 25 heavy (non-hydrogen) atoms. The van der Waals surface area contributed by atoms with Gasteiger partial charge < -0.3 is 15.4 Å². The zero-order valence-corrected chi connectivity index (χ0v) is 14.1. The first-order valence-corrected chi connectivity index (χ1v) is 8.60. The zero-order valence-electron chi connectivity index (χ0n) is 14.1. The highest BCUT2D eigenvalue weighted by Gasteiger charge is 2.28. The lowest BCUT2D eigenvalue weighted by molar-refractivity contribution is 0.0797. The number of carbonyl (C=O) groups is 1. The summed E-state index contributed by atoms with van der Waals surface area (Å²) in [7, 11) is 0. The Labute approximate surface area is 147 Å². The van der Waals surface area contributed by atoms with Crippen molar-refractivity contribution in [3.05, 3.63) is 71.5 Å². The zero-order chi connectivity index (χ0) is 17.6. The Morgan fingerprint density at radius 1 is 1.16 bits per heavy atom. The summed E-state index contributed by atoms with van der Waals surface area (Å²) in [6.07, 6.45) is 1.29. The summed E-state index contributed by atoms with van der Waals surface area (Å²) in [6, 6.07) is 15.9. The fourth-order valence-corrected chi connectivity index (χ4v) is 3.24. The fraction of sp³-hybridized carbons (Fsp3) is 0.350. The van der Waals surface area contributed by atoms with Crippen LogP contribution < -0.4 is 5.73 Å². The summed E-state index contributed by atoms with van der Waals surface area (Å²) in [5.41, 5.74) is 8.07. The van der Waals surface area contributed by atoms with E-state index in [1.165, 1.54) is 12.1 Å². The minimum Gasteiger partial charge on any atom is -0.445 e. The molecule has 0 aromatic heterocycles. The van der Waals surface area contributed by atoms with Gasteiger partial charge in [-0.1, -0.05) is 42.5 Å². The normalized spacial score (nSPS) is 16.5. The van der Waals surface area contributed by atoms with E-state index in [0.717, 1.165) is 24.0 Å². The molecule has 0 spiro atoms. The van der Waals surface area contributed by atoms with E-state index in [0.29, 0.717) is 13.1 Å². The first-order chi connectivity index (χ1) is 12.1. The lowest BCUT2D eigenvalue weighted by Gasteiger charge is -2.34. The van der Waals surface area contributed by atoms with Gasteiger partial charge in [0.2, 0.25) is 0 Å². The van der Waals surface area contributed by atoms with Gasteiger partial charge in [-0.25, -0.2) is 9.18 Å². The molecule has 0 saturated carbocycles. The molecule has 2 N–H and O–H groups in total. The van der Waals surface area contributed by atoms with Gasteiger partial charge in [0, 0.05) is 19.1 Å². The number of piperidine rings is 1. The summed E-state index contributed by atoms with van der Waals surface area (Å²) < 4.78 is 18.7. The average molecular weight is 342 g/mol. The van der Waals surface area contributed by atoms with Crippen LogP contribution >= 0.6 is 0 Å². The molecule has 2 aromatic carbocycles. The summed E-state index contributed by atoms with van der Waals surface area (Å²) >= 11 is 0. The lowest BCUT2D eigenvalue weighted by Crippen LogP contribution is -2.41. The van der Waals surface area contributed by atoms with Crippen molar-refractivity contribution in [3.8, 4) is 0 Å². The summed E-state index contributed by atoms with van der Waals surface area (Å²) in [4.78, 5) is 13.9. The van der Waals surface area contributed by atoms with Crippen LogP contribution in [0.4, 0.5) is 9.18 Å². The molecule has 4 nitrogen and oxygen atoms in total. The minimum atomic E-state index is -0.290. The monoisotopic (exact) mass is 342 g/mol. The largest absolute Gasteiger partial charge is 0.445 e. The summed E-state index contributed by atoms with van der Waals surface area (Å²) in [5.74, 6) is -0.0325. The molecule has 0 radical (unpaired) electrons. The molecule has 5 heteroatoms. The van der Waals surface area contributed by atoms with Crippen LogP contribution in [0.5, 0.6) is 0 Å². The Morgan fingerprint density at radius 2 is 1.88 bits per heavy atom. The van der Waals surface area contributed by atoms with E-state index in [1.807, 2.05) is 36.4 Å². The molecule has 1 aliphatic rings. The molecule has 1 amide bonds. The Kier molecular flexibility index (Phi) is 5.66. The standard InChI is InChI=1S/C20H23FN2O2/c21-18-8-4-7-17(13-18)19(22)16-9-11-23(12-10-16)20(24)25-14-15-5-2-1-3-6-15/h1-8,13,16,19H,9-12,14,22H2/t19-/m1/s1. The van der Waals surface area contributed by atoms with Gasteiger partial charge in [-0.05, 0) is 42.0 Å². The molecule has 3 rings (SSSR count). The van der Waals surface area contributed by atoms with Gasteiger partial charge in [-0.2, -0.15) is 0 Å². The van der Waals surface area contributed by atoms with E-state index in [9.17, 15) is 9.18 Å². The van der Waals surface area contributed by atoms with Crippen LogP contribution in [0.3, 0.4) is 0 Å². The van der Waals surface area contributed by atoms with Gasteiger partial charge in [0.15, 0.2) is 0 Å². The van der Waals surface area contributed by atoms with Crippen LogP contribution in [0.25, 0.3) is 0 Å². The van der Waals surface area contributed by atoms with E-state index in [2.05, 4.69) is 0 Å². The van der Waals surface area contributed by atoms with Crippen molar-refractivity contribution in [3.63, 3.8) is 0 Å². The highest BCUT2D eigenvalue weighted by Crippen LogP contribution is 2.29. The van der Waals surface area contributed by atoms with Crippen LogP contribution in [0.2, 0.25) is 0 Å². The summed E-state index contributed by atoms with van der Waals surface area (Å²) in [6.45, 7) is 1.50. The van der Waals surface area contributed by atoms with Gasteiger partial charge in [0.05, 0.1) is 0 Å². The number of likely N-dealkylation sites (tertiary alicyclic amines) is 1. The molecular weight excluding hydrogens is 319 g/mol. The second-order valence-corrected chi connectivity index (χ2v) is 6.45. The number of carbonyl (C=O) groups excluding carboxylic acids is 1. The Bertz CT molecular complexity index is 700. The number of nitrogens with zero attached hydrogens (tertiary/aromatic N) is 1. The first kappa shape index (κ1) is 17.4. The first-order valence-electron chi connectivity index (χ1n) is 8.60. The predicted molar refractivity (Wildman–Crippen MR) is 94.3 cm³/mol. The van der Waals surface area contributed by atoms with E-state index in [-0.39, 0.29) is 30.5 Å². The Morgan fingerprint density at radius 3 is 2.56 bits per heavy atom. The van der Waals surface area contributed by atoms with Crippen molar-refractivity contribution in [2.45, 2.75) is 25.5 Å². The van der Waals surface area contributed by atoms with Crippen molar-refractivity contribution in [2.75, 3.05) is 13.1 Å². The number of halogens is 1. The number of hydrogen-bond acceptors (Lipinski definition) is 3. The predicted octanol–water partition coefficient (Wildman–Crippen LogP) is 3.87. The van der Waals surface area contributed by atoms with Gasteiger partial charge in [-0.15, -0.1) is 0 Å². The third-order valence-corrected chi connectivity index (χ3v) is 4.74. The van der Waals surface area contributed by atoms with Crippen molar-refractivity contribution < 1.29 is 13.9 Å². The highest BCUT2D eigenvalue weighted by molar-refractivity contribution is 5.67. The second-order valence-electron chi connectivity index (χ2n) is 6.45. The number of rotatable bonds is 4. The summed E-state index contributed by atoms with van der Waals surface area (Å²) in [5, 5.41) is 0. The van der Waals surface area contributed by atoms with E-state index in [4.69, 9.17) is 10.5 Å². The molecule has 1 saturated heterocycles. The van der Waals surface area contributed by atoms with Crippen LogP contribution in [-0.2, 0) is 11.3 Å². The maximum absolute atomic E-state index is 13.4. The van der Waals surface area contributed by atoms with E-state index < -0.39 is 0 Å².